The van der Waals surface area contributed by atoms with Crippen molar-refractivity contribution in [1.29, 1.82) is 0 Å². The third-order valence-corrected chi connectivity index (χ3v) is 7.33. The highest BCUT2D eigenvalue weighted by atomic mass is 32.2. The fourth-order valence-electron chi connectivity index (χ4n) is 4.20. The summed E-state index contributed by atoms with van der Waals surface area (Å²) in [5, 5.41) is 3.26. The predicted octanol–water partition coefficient (Wildman–Crippen LogP) is 4.23. The van der Waals surface area contributed by atoms with Gasteiger partial charge in [-0.1, -0.05) is 48.5 Å². The highest BCUT2D eigenvalue weighted by Crippen LogP contribution is 2.43. The largest absolute Gasteiger partial charge is 0.352 e. The van der Waals surface area contributed by atoms with E-state index in [2.05, 4.69) is 5.32 Å². The summed E-state index contributed by atoms with van der Waals surface area (Å²) in [5.74, 6) is -0.476. The second-order valence-corrected chi connectivity index (χ2v) is 9.16. The highest BCUT2D eigenvalue weighted by molar-refractivity contribution is 8.04. The van der Waals surface area contributed by atoms with Gasteiger partial charge in [-0.15, -0.1) is 11.8 Å². The quantitative estimate of drug-likeness (QED) is 0.748. The van der Waals surface area contributed by atoms with Crippen molar-refractivity contribution in [3.63, 3.8) is 0 Å². The van der Waals surface area contributed by atoms with E-state index in [0.717, 1.165) is 18.4 Å². The average molecular weight is 425 g/mol. The first-order valence-corrected chi connectivity index (χ1v) is 11.1. The van der Waals surface area contributed by atoms with Crippen molar-refractivity contribution in [2.45, 2.75) is 37.1 Å². The SMILES string of the molecule is CN1C(=O)/C(=C/c2ccccc2F)SC2CCC(C(=O)NCc3ccccc3)CC21. The average Bonchev–Trinajstić information content (AvgIpc) is 2.77. The van der Waals surface area contributed by atoms with Crippen molar-refractivity contribution in [3.8, 4) is 0 Å². The van der Waals surface area contributed by atoms with Gasteiger partial charge in [0.05, 0.1) is 4.91 Å². The van der Waals surface area contributed by atoms with Gasteiger partial charge in [-0.3, -0.25) is 9.59 Å². The molecule has 1 N–H and O–H groups in total. The molecule has 0 aromatic heterocycles. The van der Waals surface area contributed by atoms with E-state index in [-0.39, 0.29) is 34.8 Å². The van der Waals surface area contributed by atoms with Gasteiger partial charge in [0.25, 0.3) is 5.91 Å². The molecule has 2 amide bonds. The Morgan fingerprint density at radius 3 is 2.67 bits per heavy atom. The van der Waals surface area contributed by atoms with Gasteiger partial charge in [0.15, 0.2) is 0 Å². The summed E-state index contributed by atoms with van der Waals surface area (Å²) in [6.45, 7) is 0.517. The van der Waals surface area contributed by atoms with Crippen molar-refractivity contribution in [3.05, 3.63) is 76.4 Å². The lowest BCUT2D eigenvalue weighted by Crippen LogP contribution is -2.52. The van der Waals surface area contributed by atoms with Crippen molar-refractivity contribution >= 4 is 29.7 Å². The number of carbonyl (C=O) groups excluding carboxylic acids is 2. The Morgan fingerprint density at radius 2 is 1.90 bits per heavy atom. The zero-order chi connectivity index (χ0) is 21.1. The van der Waals surface area contributed by atoms with E-state index in [0.29, 0.717) is 23.4 Å². The standard InChI is InChI=1S/C24H25FN2O2S/c1-27-20-13-18(23(28)26-15-16-7-3-2-4-8-16)11-12-21(20)30-22(24(27)29)14-17-9-5-6-10-19(17)25/h2-10,14,18,20-21H,11-13,15H2,1H3,(H,26,28)/b22-14-. The van der Waals surface area contributed by atoms with Crippen molar-refractivity contribution < 1.29 is 14.0 Å². The summed E-state index contributed by atoms with van der Waals surface area (Å²) in [6.07, 6.45) is 3.95. The molecule has 2 aromatic carbocycles. The van der Waals surface area contributed by atoms with Gasteiger partial charge in [0.1, 0.15) is 5.82 Å². The summed E-state index contributed by atoms with van der Waals surface area (Å²) in [7, 11) is 1.79. The lowest BCUT2D eigenvalue weighted by Gasteiger charge is -2.44. The van der Waals surface area contributed by atoms with Gasteiger partial charge >= 0.3 is 0 Å². The predicted molar refractivity (Wildman–Crippen MR) is 118 cm³/mol. The van der Waals surface area contributed by atoms with Gasteiger partial charge < -0.3 is 10.2 Å². The normalized spacial score (nSPS) is 25.1. The lowest BCUT2D eigenvalue weighted by molar-refractivity contribution is -0.132. The van der Waals surface area contributed by atoms with Crippen LogP contribution in [-0.2, 0) is 16.1 Å². The maximum Gasteiger partial charge on any atom is 0.260 e. The van der Waals surface area contributed by atoms with Gasteiger partial charge in [-0.25, -0.2) is 4.39 Å². The minimum absolute atomic E-state index is 0.0153. The number of likely N-dealkylation sites (N-methyl/N-ethyl adjacent to an activating group) is 1. The molecule has 3 unspecified atom stereocenters. The Bertz CT molecular complexity index is 963. The Labute approximate surface area is 180 Å². The molecule has 3 atom stereocenters. The Kier molecular flexibility index (Phi) is 6.23. The number of thioether (sulfide) groups is 1. The number of fused-ring (bicyclic) bond motifs is 1. The third-order valence-electron chi connectivity index (χ3n) is 5.93. The maximum atomic E-state index is 14.0. The maximum absolute atomic E-state index is 14.0. The first kappa shape index (κ1) is 20.7. The number of benzene rings is 2. The summed E-state index contributed by atoms with van der Waals surface area (Å²) >= 11 is 1.53. The molecule has 4 nitrogen and oxygen atoms in total. The van der Waals surface area contributed by atoms with Crippen LogP contribution in [0.15, 0.2) is 59.5 Å². The van der Waals surface area contributed by atoms with E-state index >= 15 is 0 Å². The number of hydrogen-bond donors (Lipinski definition) is 1. The molecule has 4 rings (SSSR count). The first-order chi connectivity index (χ1) is 14.5. The molecule has 1 heterocycles. The van der Waals surface area contributed by atoms with Crippen LogP contribution in [0.2, 0.25) is 0 Å². The number of hydrogen-bond acceptors (Lipinski definition) is 3. The summed E-state index contributed by atoms with van der Waals surface area (Å²) in [4.78, 5) is 27.9. The van der Waals surface area contributed by atoms with Crippen molar-refractivity contribution in [1.82, 2.24) is 10.2 Å². The van der Waals surface area contributed by atoms with Crippen LogP contribution in [0, 0.1) is 11.7 Å². The molecule has 0 spiro atoms. The van der Waals surface area contributed by atoms with E-state index in [1.807, 2.05) is 30.3 Å². The molecule has 0 radical (unpaired) electrons. The zero-order valence-corrected chi connectivity index (χ0v) is 17.7. The number of nitrogens with zero attached hydrogens (tertiary/aromatic N) is 1. The molecule has 2 aliphatic rings. The van der Waals surface area contributed by atoms with Crippen LogP contribution in [-0.4, -0.2) is 35.1 Å². The summed E-state index contributed by atoms with van der Waals surface area (Å²) < 4.78 is 14.0. The zero-order valence-electron chi connectivity index (χ0n) is 16.9. The molecular weight excluding hydrogens is 399 g/mol. The third kappa shape index (κ3) is 4.43. The van der Waals surface area contributed by atoms with Crippen LogP contribution in [0.1, 0.15) is 30.4 Å². The molecule has 2 fully saturated rings. The number of amides is 2. The number of nitrogens with one attached hydrogen (secondary N) is 1. The van der Waals surface area contributed by atoms with E-state index < -0.39 is 0 Å². The highest BCUT2D eigenvalue weighted by Gasteiger charge is 2.42. The number of halogens is 1. The minimum Gasteiger partial charge on any atom is -0.352 e. The van der Waals surface area contributed by atoms with Crippen LogP contribution < -0.4 is 5.32 Å². The second-order valence-electron chi connectivity index (χ2n) is 7.88. The monoisotopic (exact) mass is 424 g/mol. The van der Waals surface area contributed by atoms with Crippen LogP contribution in [0.3, 0.4) is 0 Å². The molecule has 2 aromatic rings. The smallest absolute Gasteiger partial charge is 0.260 e. The van der Waals surface area contributed by atoms with E-state index in [4.69, 9.17) is 0 Å². The van der Waals surface area contributed by atoms with Gasteiger partial charge in [-0.2, -0.15) is 0 Å². The van der Waals surface area contributed by atoms with Crippen LogP contribution >= 0.6 is 11.8 Å². The fourth-order valence-corrected chi connectivity index (χ4v) is 5.67. The summed E-state index contributed by atoms with van der Waals surface area (Å²) in [5.41, 5.74) is 1.50. The molecule has 156 valence electrons. The summed E-state index contributed by atoms with van der Waals surface area (Å²) in [6, 6.07) is 16.3. The molecule has 1 saturated carbocycles. The van der Waals surface area contributed by atoms with Gasteiger partial charge in [0, 0.05) is 36.4 Å². The van der Waals surface area contributed by atoms with Crippen molar-refractivity contribution in [2.24, 2.45) is 5.92 Å². The van der Waals surface area contributed by atoms with Crippen molar-refractivity contribution in [2.75, 3.05) is 7.05 Å². The molecule has 30 heavy (non-hydrogen) atoms. The van der Waals surface area contributed by atoms with E-state index in [1.165, 1.54) is 17.8 Å². The fraction of sp³-hybridized carbons (Fsp3) is 0.333. The Hall–Kier alpha value is -2.60. The molecule has 0 bridgehead atoms. The van der Waals surface area contributed by atoms with E-state index in [1.54, 1.807) is 36.2 Å². The molecule has 1 aliphatic heterocycles. The van der Waals surface area contributed by atoms with Gasteiger partial charge in [0.2, 0.25) is 5.91 Å². The number of carbonyl (C=O) groups is 2. The van der Waals surface area contributed by atoms with Crippen LogP contribution in [0.25, 0.3) is 6.08 Å². The lowest BCUT2D eigenvalue weighted by atomic mass is 9.83. The van der Waals surface area contributed by atoms with Crippen LogP contribution in [0.5, 0.6) is 0 Å². The van der Waals surface area contributed by atoms with Crippen LogP contribution in [0.4, 0.5) is 4.39 Å². The first-order valence-electron chi connectivity index (χ1n) is 10.2. The van der Waals surface area contributed by atoms with Gasteiger partial charge in [-0.05, 0) is 37.0 Å². The van der Waals surface area contributed by atoms with E-state index in [9.17, 15) is 14.0 Å². The second kappa shape index (κ2) is 9.04. The molecule has 1 saturated heterocycles. The topological polar surface area (TPSA) is 49.4 Å². The minimum atomic E-state index is -0.332. The Balaban J connectivity index is 1.41. The molecular formula is C24H25FN2O2S. The molecule has 1 aliphatic carbocycles. The number of rotatable bonds is 4. The molecule has 6 heteroatoms. The Morgan fingerprint density at radius 1 is 1.17 bits per heavy atom.